The Labute approximate surface area is 166 Å². The first-order valence-corrected chi connectivity index (χ1v) is 9.62. The number of halogens is 1. The van der Waals surface area contributed by atoms with E-state index < -0.39 is 12.1 Å². The molecule has 2 rings (SSSR count). The van der Waals surface area contributed by atoms with Crippen molar-refractivity contribution in [2.45, 2.75) is 33.5 Å². The second-order valence-electron chi connectivity index (χ2n) is 6.41. The fraction of sp³-hybridized carbons (Fsp3) is 0.409. The minimum Gasteiger partial charge on any atom is -0.351 e. The molecule has 1 N–H and O–H groups in total. The Morgan fingerprint density at radius 1 is 1.11 bits per heavy atom. The molecule has 2 aromatic rings. The van der Waals surface area contributed by atoms with Crippen molar-refractivity contribution in [3.05, 3.63) is 65.5 Å². The van der Waals surface area contributed by atoms with E-state index >= 15 is 0 Å². The molecule has 0 atom stereocenters. The third-order valence-corrected chi connectivity index (χ3v) is 4.32. The van der Waals surface area contributed by atoms with Gasteiger partial charge in [0, 0.05) is 25.4 Å². The van der Waals surface area contributed by atoms with Gasteiger partial charge in [-0.3, -0.25) is 0 Å². The Kier molecular flexibility index (Phi) is 8.91. The predicted molar refractivity (Wildman–Crippen MR) is 109 cm³/mol. The topological polar surface area (TPSA) is 50.8 Å². The van der Waals surface area contributed by atoms with Crippen molar-refractivity contribution in [1.29, 1.82) is 0 Å². The van der Waals surface area contributed by atoms with Crippen molar-refractivity contribution < 1.29 is 18.7 Å². The fourth-order valence-electron chi connectivity index (χ4n) is 2.81. The molecule has 2 aromatic carbocycles. The van der Waals surface area contributed by atoms with Gasteiger partial charge in [0.15, 0.2) is 6.29 Å². The van der Waals surface area contributed by atoms with Crippen LogP contribution in [0.2, 0.25) is 0 Å². The number of anilines is 1. The van der Waals surface area contributed by atoms with Crippen LogP contribution in [0.1, 0.15) is 25.0 Å². The number of carbonyl (C=O) groups is 1. The van der Waals surface area contributed by atoms with Crippen molar-refractivity contribution in [2.75, 3.05) is 31.6 Å². The molecule has 0 saturated heterocycles. The molecule has 28 heavy (non-hydrogen) atoms. The highest BCUT2D eigenvalue weighted by molar-refractivity contribution is 5.90. The van der Waals surface area contributed by atoms with Crippen LogP contribution in [0.25, 0.3) is 0 Å². The van der Waals surface area contributed by atoms with Crippen LogP contribution in [0, 0.1) is 12.7 Å². The summed E-state index contributed by atoms with van der Waals surface area (Å²) in [5, 5.41) is 2.81. The Morgan fingerprint density at radius 3 is 2.43 bits per heavy atom. The number of nitrogens with one attached hydrogen (secondary N) is 1. The second-order valence-corrected chi connectivity index (χ2v) is 6.41. The van der Waals surface area contributed by atoms with E-state index in [0.717, 1.165) is 11.1 Å². The number of benzene rings is 2. The first-order valence-electron chi connectivity index (χ1n) is 9.62. The third kappa shape index (κ3) is 6.94. The lowest BCUT2D eigenvalue weighted by Crippen LogP contribution is -2.43. The van der Waals surface area contributed by atoms with Gasteiger partial charge in [-0.1, -0.05) is 36.4 Å². The van der Waals surface area contributed by atoms with Gasteiger partial charge in [0.2, 0.25) is 0 Å². The lowest BCUT2D eigenvalue weighted by molar-refractivity contribution is -0.142. The van der Waals surface area contributed by atoms with Crippen LogP contribution < -0.4 is 5.32 Å². The molecular weight excluding hydrogens is 359 g/mol. The van der Waals surface area contributed by atoms with E-state index in [1.165, 1.54) is 12.1 Å². The largest absolute Gasteiger partial charge is 0.351 e. The summed E-state index contributed by atoms with van der Waals surface area (Å²) in [5.74, 6) is -0.391. The van der Waals surface area contributed by atoms with Gasteiger partial charge >= 0.3 is 6.03 Å². The highest BCUT2D eigenvalue weighted by atomic mass is 19.1. The molecule has 0 aliphatic rings. The zero-order valence-electron chi connectivity index (χ0n) is 16.8. The van der Waals surface area contributed by atoms with Crippen LogP contribution in [-0.4, -0.2) is 43.5 Å². The van der Waals surface area contributed by atoms with E-state index in [1.54, 1.807) is 11.0 Å². The minimum atomic E-state index is -0.509. The van der Waals surface area contributed by atoms with Gasteiger partial charge in [-0.15, -0.1) is 0 Å². The average molecular weight is 388 g/mol. The average Bonchev–Trinajstić information content (AvgIpc) is 2.69. The molecule has 0 aliphatic carbocycles. The molecular formula is C22H29FN2O3. The minimum absolute atomic E-state index is 0.286. The van der Waals surface area contributed by atoms with E-state index in [-0.39, 0.29) is 12.6 Å². The molecule has 0 radical (unpaired) electrons. The molecule has 6 heteroatoms. The second kappa shape index (κ2) is 11.4. The number of ether oxygens (including phenoxy) is 2. The summed E-state index contributed by atoms with van der Waals surface area (Å²) in [6.45, 7) is 7.35. The number of hydrogen-bond acceptors (Lipinski definition) is 3. The molecule has 5 nitrogen and oxygen atoms in total. The van der Waals surface area contributed by atoms with Gasteiger partial charge < -0.3 is 19.7 Å². The van der Waals surface area contributed by atoms with Crippen LogP contribution in [0.5, 0.6) is 0 Å². The zero-order valence-corrected chi connectivity index (χ0v) is 16.8. The molecule has 0 aliphatic heterocycles. The first-order chi connectivity index (χ1) is 13.5. The monoisotopic (exact) mass is 388 g/mol. The van der Waals surface area contributed by atoms with Gasteiger partial charge in [-0.2, -0.15) is 0 Å². The summed E-state index contributed by atoms with van der Waals surface area (Å²) in [4.78, 5) is 14.6. The summed E-state index contributed by atoms with van der Waals surface area (Å²) >= 11 is 0. The van der Waals surface area contributed by atoms with Crippen LogP contribution in [0.3, 0.4) is 0 Å². The van der Waals surface area contributed by atoms with Gasteiger partial charge in [0.1, 0.15) is 5.82 Å². The summed E-state index contributed by atoms with van der Waals surface area (Å²) < 4.78 is 24.8. The Morgan fingerprint density at radius 2 is 1.79 bits per heavy atom. The standard InChI is InChI=1S/C22H29FN2O3/c1-4-27-21(28-5-2)16-25(14-13-18-9-7-6-8-10-18)22(26)24-20-15-19(23)12-11-17(20)3/h6-12,15,21H,4-5,13-14,16H2,1-3H3,(H,24,26). The SMILES string of the molecule is CCOC(CN(CCc1ccccc1)C(=O)Nc1cc(F)ccc1C)OCC. The van der Waals surface area contributed by atoms with Gasteiger partial charge in [0.25, 0.3) is 0 Å². The van der Waals surface area contributed by atoms with Crippen LogP contribution in [-0.2, 0) is 15.9 Å². The predicted octanol–water partition coefficient (Wildman–Crippen LogP) is 4.61. The van der Waals surface area contributed by atoms with Crippen molar-refractivity contribution in [2.24, 2.45) is 0 Å². The molecule has 152 valence electrons. The van der Waals surface area contributed by atoms with Gasteiger partial charge in [-0.25, -0.2) is 9.18 Å². The van der Waals surface area contributed by atoms with E-state index in [4.69, 9.17) is 9.47 Å². The molecule has 0 unspecified atom stereocenters. The van der Waals surface area contributed by atoms with E-state index in [2.05, 4.69) is 5.32 Å². The molecule has 2 amide bonds. The highest BCUT2D eigenvalue weighted by Gasteiger charge is 2.20. The summed E-state index contributed by atoms with van der Waals surface area (Å²) in [6, 6.07) is 14.0. The number of urea groups is 1. The Bertz CT molecular complexity index is 734. The highest BCUT2D eigenvalue weighted by Crippen LogP contribution is 2.17. The van der Waals surface area contributed by atoms with Crippen LogP contribution >= 0.6 is 0 Å². The number of nitrogens with zero attached hydrogens (tertiary/aromatic N) is 1. The van der Waals surface area contributed by atoms with Gasteiger partial charge in [0.05, 0.1) is 6.54 Å². The van der Waals surface area contributed by atoms with Crippen molar-refractivity contribution >= 4 is 11.7 Å². The lowest BCUT2D eigenvalue weighted by atomic mass is 10.1. The van der Waals surface area contributed by atoms with Crippen LogP contribution in [0.4, 0.5) is 14.9 Å². The molecule has 0 aromatic heterocycles. The van der Waals surface area contributed by atoms with E-state index in [1.807, 2.05) is 51.1 Å². The third-order valence-electron chi connectivity index (χ3n) is 4.32. The normalized spacial score (nSPS) is 10.9. The summed E-state index contributed by atoms with van der Waals surface area (Å²) in [7, 11) is 0. The lowest BCUT2D eigenvalue weighted by Gasteiger charge is -2.28. The smallest absolute Gasteiger partial charge is 0.322 e. The maximum Gasteiger partial charge on any atom is 0.322 e. The van der Waals surface area contributed by atoms with Gasteiger partial charge in [-0.05, 0) is 50.5 Å². The Balaban J connectivity index is 2.12. The fourth-order valence-corrected chi connectivity index (χ4v) is 2.81. The van der Waals surface area contributed by atoms with E-state index in [9.17, 15) is 9.18 Å². The summed E-state index contributed by atoms with van der Waals surface area (Å²) in [5.41, 5.74) is 2.38. The first kappa shape index (κ1) is 21.9. The van der Waals surface area contributed by atoms with Crippen molar-refractivity contribution in [1.82, 2.24) is 4.90 Å². The molecule has 0 fully saturated rings. The molecule has 0 heterocycles. The summed E-state index contributed by atoms with van der Waals surface area (Å²) in [6.07, 6.45) is 0.187. The molecule has 0 spiro atoms. The van der Waals surface area contributed by atoms with Crippen LogP contribution in [0.15, 0.2) is 48.5 Å². The van der Waals surface area contributed by atoms with E-state index in [0.29, 0.717) is 31.9 Å². The maximum absolute atomic E-state index is 13.6. The number of carbonyl (C=O) groups excluding carboxylic acids is 1. The maximum atomic E-state index is 13.6. The molecule has 0 bridgehead atoms. The number of amides is 2. The molecule has 0 saturated carbocycles. The number of rotatable bonds is 10. The number of aryl methyl sites for hydroxylation is 1. The quantitative estimate of drug-likeness (QED) is 0.605. The Hall–Kier alpha value is -2.44. The zero-order chi connectivity index (χ0) is 20.4. The van der Waals surface area contributed by atoms with Crippen molar-refractivity contribution in [3.8, 4) is 0 Å². The number of hydrogen-bond donors (Lipinski definition) is 1. The van der Waals surface area contributed by atoms with Crippen molar-refractivity contribution in [3.63, 3.8) is 0 Å².